The van der Waals surface area contributed by atoms with Crippen molar-refractivity contribution in [2.24, 2.45) is 5.92 Å². The Kier molecular flexibility index (Phi) is 6.61. The molecule has 1 amide bonds. The lowest BCUT2D eigenvalue weighted by atomic mass is 9.93. The number of likely N-dealkylation sites (tertiary alicyclic amines) is 1. The number of hydrogen-bond donors (Lipinski definition) is 1. The van der Waals surface area contributed by atoms with Gasteiger partial charge in [-0.15, -0.1) is 0 Å². The van der Waals surface area contributed by atoms with Gasteiger partial charge in [-0.1, -0.05) is 37.3 Å². The minimum absolute atomic E-state index is 0.0122. The molecule has 0 unspecified atom stereocenters. The van der Waals surface area contributed by atoms with Crippen LogP contribution in [0.2, 0.25) is 0 Å². The van der Waals surface area contributed by atoms with Crippen molar-refractivity contribution in [3.05, 3.63) is 35.9 Å². The maximum absolute atomic E-state index is 12.6. The van der Waals surface area contributed by atoms with Crippen LogP contribution < -0.4 is 5.32 Å². The Labute approximate surface area is 150 Å². The Hall–Kier alpha value is -1.00. The van der Waals surface area contributed by atoms with Gasteiger partial charge in [0.2, 0.25) is 5.91 Å². The summed E-state index contributed by atoms with van der Waals surface area (Å²) in [5, 5.41) is 3.22. The average Bonchev–Trinajstić information content (AvgIpc) is 3.17. The summed E-state index contributed by atoms with van der Waals surface area (Å²) in [4.78, 5) is 15.2. The molecule has 4 heteroatoms. The highest BCUT2D eigenvalue weighted by Gasteiger charge is 2.28. The van der Waals surface area contributed by atoms with E-state index in [2.05, 4.69) is 41.0 Å². The molecule has 132 valence electrons. The first-order chi connectivity index (χ1) is 11.8. The van der Waals surface area contributed by atoms with Gasteiger partial charge < -0.3 is 5.32 Å². The second kappa shape index (κ2) is 8.91. The van der Waals surface area contributed by atoms with Crippen LogP contribution in [0.15, 0.2) is 30.3 Å². The largest absolute Gasteiger partial charge is 0.355 e. The minimum Gasteiger partial charge on any atom is -0.355 e. The van der Waals surface area contributed by atoms with Crippen LogP contribution in [0.4, 0.5) is 0 Å². The topological polar surface area (TPSA) is 32.3 Å². The van der Waals surface area contributed by atoms with E-state index in [0.29, 0.717) is 5.92 Å². The quantitative estimate of drug-likeness (QED) is 0.855. The number of nitrogens with zero attached hydrogens (tertiary/aromatic N) is 1. The number of thioether (sulfide) groups is 1. The maximum atomic E-state index is 12.6. The molecule has 2 saturated heterocycles. The van der Waals surface area contributed by atoms with E-state index >= 15 is 0 Å². The van der Waals surface area contributed by atoms with Crippen LogP contribution in [0.25, 0.3) is 0 Å². The van der Waals surface area contributed by atoms with Crippen molar-refractivity contribution < 1.29 is 4.79 Å². The van der Waals surface area contributed by atoms with Gasteiger partial charge in [0.15, 0.2) is 0 Å². The summed E-state index contributed by atoms with van der Waals surface area (Å²) in [6.07, 6.45) is 4.67. The number of hydrogen-bond acceptors (Lipinski definition) is 3. The average molecular weight is 347 g/mol. The van der Waals surface area contributed by atoms with Crippen LogP contribution in [-0.2, 0) is 4.79 Å². The first-order valence-corrected chi connectivity index (χ1v) is 10.6. The van der Waals surface area contributed by atoms with E-state index in [1.165, 1.54) is 43.9 Å². The van der Waals surface area contributed by atoms with E-state index in [1.54, 1.807) is 0 Å². The number of nitrogens with one attached hydrogen (secondary N) is 1. The fourth-order valence-electron chi connectivity index (χ4n) is 3.96. The SMILES string of the molecule is CC[C@H](C(=O)NCC1CCN([C@H]2CCSC2)CC1)c1ccccc1. The summed E-state index contributed by atoms with van der Waals surface area (Å²) >= 11 is 2.10. The fraction of sp³-hybridized carbons (Fsp3) is 0.650. The Morgan fingerprint density at radius 1 is 1.25 bits per heavy atom. The van der Waals surface area contributed by atoms with E-state index in [1.807, 2.05) is 18.2 Å². The molecule has 0 saturated carbocycles. The van der Waals surface area contributed by atoms with Crippen molar-refractivity contribution in [2.45, 2.75) is 44.6 Å². The summed E-state index contributed by atoms with van der Waals surface area (Å²) < 4.78 is 0. The van der Waals surface area contributed by atoms with Crippen molar-refractivity contribution in [3.8, 4) is 0 Å². The van der Waals surface area contributed by atoms with Crippen LogP contribution in [0.1, 0.15) is 44.1 Å². The van der Waals surface area contributed by atoms with E-state index in [9.17, 15) is 4.79 Å². The molecule has 1 N–H and O–H groups in total. The molecule has 3 nitrogen and oxygen atoms in total. The number of amides is 1. The van der Waals surface area contributed by atoms with Crippen molar-refractivity contribution in [2.75, 3.05) is 31.1 Å². The second-order valence-electron chi connectivity index (χ2n) is 7.11. The highest BCUT2D eigenvalue weighted by atomic mass is 32.2. The summed E-state index contributed by atoms with van der Waals surface area (Å²) in [6.45, 7) is 5.36. The number of piperidine rings is 1. The number of carbonyl (C=O) groups is 1. The van der Waals surface area contributed by atoms with E-state index in [-0.39, 0.29) is 11.8 Å². The van der Waals surface area contributed by atoms with Crippen LogP contribution in [0.5, 0.6) is 0 Å². The first-order valence-electron chi connectivity index (χ1n) is 9.42. The molecule has 2 heterocycles. The Bertz CT molecular complexity index is 508. The molecule has 1 aromatic rings. The Balaban J connectivity index is 1.43. The summed E-state index contributed by atoms with van der Waals surface area (Å²) in [6, 6.07) is 11.0. The fourth-order valence-corrected chi connectivity index (χ4v) is 5.21. The molecular formula is C20H30N2OS. The zero-order chi connectivity index (χ0) is 16.8. The maximum Gasteiger partial charge on any atom is 0.227 e. The lowest BCUT2D eigenvalue weighted by Crippen LogP contribution is -2.44. The van der Waals surface area contributed by atoms with Gasteiger partial charge in [0, 0.05) is 18.3 Å². The second-order valence-corrected chi connectivity index (χ2v) is 8.26. The third kappa shape index (κ3) is 4.54. The van der Waals surface area contributed by atoms with Crippen molar-refractivity contribution in [1.29, 1.82) is 0 Å². The van der Waals surface area contributed by atoms with Crippen LogP contribution in [0, 0.1) is 5.92 Å². The molecule has 0 bridgehead atoms. The predicted octanol–water partition coefficient (Wildman–Crippen LogP) is 3.51. The van der Waals surface area contributed by atoms with E-state index in [4.69, 9.17) is 0 Å². The Morgan fingerprint density at radius 3 is 2.62 bits per heavy atom. The van der Waals surface area contributed by atoms with Crippen LogP contribution >= 0.6 is 11.8 Å². The highest BCUT2D eigenvalue weighted by molar-refractivity contribution is 7.99. The first kappa shape index (κ1) is 17.8. The van der Waals surface area contributed by atoms with Gasteiger partial charge in [-0.2, -0.15) is 11.8 Å². The molecule has 2 fully saturated rings. The van der Waals surface area contributed by atoms with E-state index in [0.717, 1.165) is 24.6 Å². The Morgan fingerprint density at radius 2 is 2.00 bits per heavy atom. The molecule has 1 aromatic carbocycles. The third-order valence-corrected chi connectivity index (χ3v) is 6.71. The lowest BCUT2D eigenvalue weighted by Gasteiger charge is -2.35. The zero-order valence-corrected chi connectivity index (χ0v) is 15.6. The number of rotatable bonds is 6. The smallest absolute Gasteiger partial charge is 0.227 e. The standard InChI is InChI=1S/C20H30N2OS/c1-2-19(17-6-4-3-5-7-17)20(23)21-14-16-8-11-22(12-9-16)18-10-13-24-15-18/h3-7,16,18-19H,2,8-15H2,1H3,(H,21,23)/t18-,19-/m0/s1. The van der Waals surface area contributed by atoms with Gasteiger partial charge in [0.05, 0.1) is 5.92 Å². The van der Waals surface area contributed by atoms with Crippen molar-refractivity contribution >= 4 is 17.7 Å². The minimum atomic E-state index is -0.0122. The van der Waals surface area contributed by atoms with Gasteiger partial charge >= 0.3 is 0 Å². The number of carbonyl (C=O) groups excluding carboxylic acids is 1. The zero-order valence-electron chi connectivity index (χ0n) is 14.7. The van der Waals surface area contributed by atoms with Crippen molar-refractivity contribution in [3.63, 3.8) is 0 Å². The monoisotopic (exact) mass is 346 g/mol. The number of benzene rings is 1. The lowest BCUT2D eigenvalue weighted by molar-refractivity contribution is -0.122. The molecular weight excluding hydrogens is 316 g/mol. The molecule has 0 aliphatic carbocycles. The highest BCUT2D eigenvalue weighted by Crippen LogP contribution is 2.27. The van der Waals surface area contributed by atoms with Crippen molar-refractivity contribution in [1.82, 2.24) is 10.2 Å². The molecule has 0 radical (unpaired) electrons. The summed E-state index contributed by atoms with van der Waals surface area (Å²) in [5.41, 5.74) is 1.13. The summed E-state index contributed by atoms with van der Waals surface area (Å²) in [7, 11) is 0. The normalized spacial score (nSPS) is 24.0. The van der Waals surface area contributed by atoms with Gasteiger partial charge in [-0.05, 0) is 56.0 Å². The third-order valence-electron chi connectivity index (χ3n) is 5.56. The summed E-state index contributed by atoms with van der Waals surface area (Å²) in [5.74, 6) is 3.47. The molecule has 3 rings (SSSR count). The molecule has 2 atom stereocenters. The molecule has 0 aromatic heterocycles. The molecule has 2 aliphatic heterocycles. The predicted molar refractivity (Wildman–Crippen MR) is 103 cm³/mol. The molecule has 0 spiro atoms. The van der Waals surface area contributed by atoms with Gasteiger partial charge in [-0.3, -0.25) is 9.69 Å². The van der Waals surface area contributed by atoms with Crippen LogP contribution in [0.3, 0.4) is 0 Å². The van der Waals surface area contributed by atoms with Crippen LogP contribution in [-0.4, -0.2) is 48.0 Å². The van der Waals surface area contributed by atoms with E-state index < -0.39 is 0 Å². The van der Waals surface area contributed by atoms with Gasteiger partial charge in [0.1, 0.15) is 0 Å². The molecule has 2 aliphatic rings. The van der Waals surface area contributed by atoms with Gasteiger partial charge in [0.25, 0.3) is 0 Å². The molecule has 24 heavy (non-hydrogen) atoms. The van der Waals surface area contributed by atoms with Gasteiger partial charge in [-0.25, -0.2) is 0 Å².